The lowest BCUT2D eigenvalue weighted by molar-refractivity contribution is 0.214. The zero-order valence-electron chi connectivity index (χ0n) is 16.7. The molecule has 3 aromatic rings. The molecular weight excluding hydrogens is 391 g/mol. The summed E-state index contributed by atoms with van der Waals surface area (Å²) >= 11 is 1.67. The number of aromatic nitrogens is 3. The van der Waals surface area contributed by atoms with E-state index in [1.165, 1.54) is 10.9 Å². The molecule has 7 nitrogen and oxygen atoms in total. The second kappa shape index (κ2) is 10.0. The van der Waals surface area contributed by atoms with Gasteiger partial charge < -0.3 is 19.9 Å². The minimum atomic E-state index is -0.373. The molecule has 2 heterocycles. The maximum Gasteiger partial charge on any atom is 0.192 e. The van der Waals surface area contributed by atoms with Gasteiger partial charge in [0.1, 0.15) is 18.5 Å². The monoisotopic (exact) mass is 416 g/mol. The van der Waals surface area contributed by atoms with E-state index in [0.29, 0.717) is 25.6 Å². The number of aliphatic imine (C=N–C) groups is 1. The molecule has 1 aromatic carbocycles. The fourth-order valence-electron chi connectivity index (χ4n) is 2.54. The number of benzene rings is 1. The molecule has 1 unspecified atom stereocenters. The number of hydrogen-bond acceptors (Lipinski definition) is 5. The van der Waals surface area contributed by atoms with Crippen molar-refractivity contribution in [1.29, 1.82) is 0 Å². The van der Waals surface area contributed by atoms with Crippen LogP contribution >= 0.6 is 11.3 Å². The summed E-state index contributed by atoms with van der Waals surface area (Å²) in [6.45, 7) is 5.28. The number of nitrogens with one attached hydrogen (secondary N) is 2. The number of rotatable bonds is 8. The van der Waals surface area contributed by atoms with E-state index in [1.54, 1.807) is 29.5 Å². The smallest absolute Gasteiger partial charge is 0.192 e. The molecule has 0 saturated heterocycles. The van der Waals surface area contributed by atoms with Gasteiger partial charge in [0.15, 0.2) is 23.4 Å². The van der Waals surface area contributed by atoms with Crippen molar-refractivity contribution in [3.63, 3.8) is 0 Å². The minimum Gasteiger partial charge on any atom is -0.486 e. The van der Waals surface area contributed by atoms with E-state index < -0.39 is 0 Å². The lowest BCUT2D eigenvalue weighted by Gasteiger charge is -2.18. The fraction of sp³-hybridized carbons (Fsp3) is 0.350. The average Bonchev–Trinajstić information content (AvgIpc) is 3.34. The molecule has 0 aliphatic heterocycles. The molecule has 0 bridgehead atoms. The molecule has 2 N–H and O–H groups in total. The van der Waals surface area contributed by atoms with Gasteiger partial charge >= 0.3 is 0 Å². The predicted octanol–water partition coefficient (Wildman–Crippen LogP) is 3.03. The lowest BCUT2D eigenvalue weighted by atomic mass is 10.3. The Hall–Kier alpha value is -2.94. The highest BCUT2D eigenvalue weighted by atomic mass is 32.1. The first-order valence-corrected chi connectivity index (χ1v) is 10.2. The Balaban J connectivity index is 1.61. The van der Waals surface area contributed by atoms with E-state index in [4.69, 9.17) is 4.74 Å². The zero-order chi connectivity index (χ0) is 20.6. The van der Waals surface area contributed by atoms with Crippen molar-refractivity contribution in [2.24, 2.45) is 12.0 Å². The van der Waals surface area contributed by atoms with E-state index in [-0.39, 0.29) is 17.7 Å². The van der Waals surface area contributed by atoms with E-state index in [1.807, 2.05) is 36.9 Å². The molecule has 0 fully saturated rings. The number of ether oxygens (including phenoxy) is 1. The average molecular weight is 417 g/mol. The second-order valence-corrected chi connectivity index (χ2v) is 7.59. The quantitative estimate of drug-likeness (QED) is 0.436. The molecule has 1 atom stereocenters. The van der Waals surface area contributed by atoms with Gasteiger partial charge in [-0.05, 0) is 37.4 Å². The number of aryl methyl sites for hydroxylation is 1. The second-order valence-electron chi connectivity index (χ2n) is 6.56. The topological polar surface area (TPSA) is 76.4 Å². The normalized spacial score (nSPS) is 12.6. The summed E-state index contributed by atoms with van der Waals surface area (Å²) in [7, 11) is 1.91. The molecular formula is C20H25FN6OS. The van der Waals surface area contributed by atoms with Gasteiger partial charge in [-0.25, -0.2) is 9.38 Å². The van der Waals surface area contributed by atoms with Crippen LogP contribution < -0.4 is 15.4 Å². The van der Waals surface area contributed by atoms with E-state index in [9.17, 15) is 4.39 Å². The Bertz CT molecular complexity index is 940. The Morgan fingerprint density at radius 1 is 1.24 bits per heavy atom. The van der Waals surface area contributed by atoms with Gasteiger partial charge in [-0.3, -0.25) is 0 Å². The van der Waals surface area contributed by atoms with Crippen molar-refractivity contribution in [2.45, 2.75) is 33.0 Å². The molecule has 3 rings (SSSR count). The van der Waals surface area contributed by atoms with Crippen LogP contribution in [0.4, 0.5) is 4.39 Å². The number of para-hydroxylation sites is 1. The summed E-state index contributed by atoms with van der Waals surface area (Å²) in [5.41, 5.74) is 0. The van der Waals surface area contributed by atoms with Crippen LogP contribution in [0.2, 0.25) is 0 Å². The third-order valence-corrected chi connectivity index (χ3v) is 5.17. The van der Waals surface area contributed by atoms with Crippen LogP contribution in [0, 0.1) is 12.7 Å². The highest BCUT2D eigenvalue weighted by molar-refractivity contribution is 7.09. The highest BCUT2D eigenvalue weighted by Gasteiger charge is 2.10. The summed E-state index contributed by atoms with van der Waals surface area (Å²) in [6.07, 6.45) is -0.252. The van der Waals surface area contributed by atoms with Crippen molar-refractivity contribution in [3.8, 4) is 5.75 Å². The molecule has 0 radical (unpaired) electrons. The Morgan fingerprint density at radius 2 is 2.07 bits per heavy atom. The molecule has 0 spiro atoms. The summed E-state index contributed by atoms with van der Waals surface area (Å²) in [4.78, 5) is 5.81. The molecule has 0 aliphatic carbocycles. The van der Waals surface area contributed by atoms with Crippen molar-refractivity contribution in [2.75, 3.05) is 6.54 Å². The van der Waals surface area contributed by atoms with Crippen molar-refractivity contribution < 1.29 is 9.13 Å². The molecule has 0 saturated carbocycles. The maximum absolute atomic E-state index is 13.8. The Labute approximate surface area is 173 Å². The molecule has 29 heavy (non-hydrogen) atoms. The zero-order valence-corrected chi connectivity index (χ0v) is 17.5. The third kappa shape index (κ3) is 6.02. The number of hydrogen-bond donors (Lipinski definition) is 2. The minimum absolute atomic E-state index is 0.237. The Morgan fingerprint density at radius 3 is 2.76 bits per heavy atom. The fourth-order valence-corrected chi connectivity index (χ4v) is 3.18. The van der Waals surface area contributed by atoms with Crippen LogP contribution in [0.1, 0.15) is 23.4 Å². The van der Waals surface area contributed by atoms with Crippen LogP contribution in [0.25, 0.3) is 0 Å². The van der Waals surface area contributed by atoms with Gasteiger partial charge in [0, 0.05) is 11.9 Å². The molecule has 0 amide bonds. The van der Waals surface area contributed by atoms with E-state index >= 15 is 0 Å². The number of thiophene rings is 1. The van der Waals surface area contributed by atoms with Gasteiger partial charge in [0.05, 0.1) is 13.1 Å². The van der Waals surface area contributed by atoms with Crippen LogP contribution in [0.15, 0.2) is 46.8 Å². The number of halogens is 1. The summed E-state index contributed by atoms with van der Waals surface area (Å²) in [5.74, 6) is 2.10. The van der Waals surface area contributed by atoms with Crippen LogP contribution in [-0.2, 0) is 20.1 Å². The number of guanidine groups is 1. The first-order chi connectivity index (χ1) is 14.0. The third-order valence-electron chi connectivity index (χ3n) is 4.29. The summed E-state index contributed by atoms with van der Waals surface area (Å²) < 4.78 is 21.4. The van der Waals surface area contributed by atoms with Gasteiger partial charge in [0.25, 0.3) is 0 Å². The standard InChI is InChI=1S/C20H25FN6OS/c1-14(28-18-9-5-4-8-17(18)21)11-22-20(23-12-16-7-6-10-29-16)24-13-19-26-25-15(2)27(19)3/h4-10,14H,11-13H2,1-3H3,(H2,22,23,24). The van der Waals surface area contributed by atoms with Crippen LogP contribution in [-0.4, -0.2) is 33.4 Å². The molecule has 9 heteroatoms. The van der Waals surface area contributed by atoms with Crippen LogP contribution in [0.5, 0.6) is 5.75 Å². The SMILES string of the molecule is Cc1nnc(CN=C(NCc2cccs2)NCC(C)Oc2ccccc2F)n1C. The maximum atomic E-state index is 13.8. The van der Waals surface area contributed by atoms with Crippen molar-refractivity contribution in [1.82, 2.24) is 25.4 Å². The van der Waals surface area contributed by atoms with E-state index in [0.717, 1.165) is 11.6 Å². The predicted molar refractivity (Wildman–Crippen MR) is 113 cm³/mol. The van der Waals surface area contributed by atoms with Crippen molar-refractivity contribution >= 4 is 17.3 Å². The molecule has 154 valence electrons. The lowest BCUT2D eigenvalue weighted by Crippen LogP contribution is -2.41. The molecule has 0 aliphatic rings. The van der Waals surface area contributed by atoms with E-state index in [2.05, 4.69) is 31.9 Å². The molecule has 2 aromatic heterocycles. The first-order valence-electron chi connectivity index (χ1n) is 9.33. The first kappa shape index (κ1) is 20.8. The van der Waals surface area contributed by atoms with Gasteiger partial charge in [-0.1, -0.05) is 18.2 Å². The van der Waals surface area contributed by atoms with Crippen LogP contribution in [0.3, 0.4) is 0 Å². The summed E-state index contributed by atoms with van der Waals surface area (Å²) in [5, 5.41) is 16.8. The van der Waals surface area contributed by atoms with Gasteiger partial charge in [-0.15, -0.1) is 21.5 Å². The Kier molecular flexibility index (Phi) is 7.18. The number of nitrogens with zero attached hydrogens (tertiary/aromatic N) is 4. The summed E-state index contributed by atoms with van der Waals surface area (Å²) in [6, 6.07) is 10.5. The van der Waals surface area contributed by atoms with Crippen molar-refractivity contribution in [3.05, 3.63) is 64.1 Å². The van der Waals surface area contributed by atoms with Gasteiger partial charge in [0.2, 0.25) is 0 Å². The highest BCUT2D eigenvalue weighted by Crippen LogP contribution is 2.16. The largest absolute Gasteiger partial charge is 0.486 e. The van der Waals surface area contributed by atoms with Gasteiger partial charge in [-0.2, -0.15) is 0 Å².